The van der Waals surface area contributed by atoms with Crippen molar-refractivity contribution in [2.24, 2.45) is 23.2 Å². The van der Waals surface area contributed by atoms with E-state index in [1.807, 2.05) is 49.9 Å². The van der Waals surface area contributed by atoms with Crippen LogP contribution in [-0.4, -0.2) is 35.8 Å². The molecule has 0 aromatic heterocycles. The second-order valence-corrected chi connectivity index (χ2v) is 9.56. The fraction of sp³-hybridized carbons (Fsp3) is 0.667. The second kappa shape index (κ2) is 7.53. The van der Waals surface area contributed by atoms with Crippen molar-refractivity contribution < 1.29 is 9.59 Å². The molecule has 1 N–H and O–H groups in total. The minimum absolute atomic E-state index is 0.0468. The summed E-state index contributed by atoms with van der Waals surface area (Å²) in [6.07, 6.45) is 7.30. The van der Waals surface area contributed by atoms with Crippen molar-refractivity contribution in [1.29, 1.82) is 0 Å². The maximum Gasteiger partial charge on any atom is 0.251 e. The average Bonchev–Trinajstić information content (AvgIpc) is 2.66. The highest BCUT2D eigenvalue weighted by molar-refractivity contribution is 5.98. The minimum atomic E-state index is -0.394. The van der Waals surface area contributed by atoms with Crippen molar-refractivity contribution in [2.45, 2.75) is 65.3 Å². The number of hydrogen-bond donors (Lipinski definition) is 1. The van der Waals surface area contributed by atoms with Crippen LogP contribution in [0.3, 0.4) is 0 Å². The molecule has 4 bridgehead atoms. The molecule has 0 radical (unpaired) electrons. The van der Waals surface area contributed by atoms with Gasteiger partial charge >= 0.3 is 0 Å². The molecule has 4 saturated carbocycles. The predicted octanol–water partition coefficient (Wildman–Crippen LogP) is 4.18. The summed E-state index contributed by atoms with van der Waals surface area (Å²) in [6.45, 7) is 7.46. The summed E-state index contributed by atoms with van der Waals surface area (Å²) in [5.41, 5.74) is 1.73. The highest BCUT2D eigenvalue weighted by atomic mass is 16.2. The molecule has 4 fully saturated rings. The number of nitrogens with one attached hydrogen (secondary N) is 1. The zero-order valence-electron chi connectivity index (χ0n) is 17.5. The molecular weight excluding hydrogens is 348 g/mol. The molecule has 28 heavy (non-hydrogen) atoms. The van der Waals surface area contributed by atoms with Gasteiger partial charge in [0, 0.05) is 24.1 Å². The van der Waals surface area contributed by atoms with Crippen molar-refractivity contribution in [3.05, 3.63) is 35.4 Å². The first-order valence-corrected chi connectivity index (χ1v) is 11.1. The van der Waals surface area contributed by atoms with Crippen LogP contribution >= 0.6 is 0 Å². The largest absolute Gasteiger partial charge is 0.341 e. The number of aryl methyl sites for hydroxylation is 1. The van der Waals surface area contributed by atoms with Gasteiger partial charge in [0.2, 0.25) is 5.91 Å². The first-order valence-electron chi connectivity index (χ1n) is 11.1. The molecule has 4 aliphatic carbocycles. The van der Waals surface area contributed by atoms with Crippen LogP contribution in [0.2, 0.25) is 0 Å². The monoisotopic (exact) mass is 382 g/mol. The minimum Gasteiger partial charge on any atom is -0.341 e. The molecule has 2 amide bonds. The van der Waals surface area contributed by atoms with Crippen LogP contribution in [0.25, 0.3) is 0 Å². The molecule has 1 aromatic rings. The SMILES string of the molecule is CCN(CC)C(=O)[C@H](NC(=O)c1ccc(C)cc1)C12CC3CC(CC(C3)C1)C2. The lowest BCUT2D eigenvalue weighted by Gasteiger charge is -2.59. The number of carbonyl (C=O) groups is 2. The van der Waals surface area contributed by atoms with Crippen LogP contribution in [-0.2, 0) is 4.79 Å². The molecule has 0 aliphatic heterocycles. The normalized spacial score (nSPS) is 31.5. The number of rotatable bonds is 6. The van der Waals surface area contributed by atoms with E-state index in [0.717, 1.165) is 42.6 Å². The van der Waals surface area contributed by atoms with E-state index in [9.17, 15) is 9.59 Å². The molecule has 0 spiro atoms. The predicted molar refractivity (Wildman–Crippen MR) is 111 cm³/mol. The summed E-state index contributed by atoms with van der Waals surface area (Å²) in [5, 5.41) is 3.23. The Balaban J connectivity index is 1.63. The summed E-state index contributed by atoms with van der Waals surface area (Å²) in [5.74, 6) is 2.24. The maximum atomic E-state index is 13.6. The third kappa shape index (κ3) is 3.46. The van der Waals surface area contributed by atoms with Gasteiger partial charge in [-0.15, -0.1) is 0 Å². The van der Waals surface area contributed by atoms with E-state index in [4.69, 9.17) is 0 Å². The van der Waals surface area contributed by atoms with E-state index in [0.29, 0.717) is 18.7 Å². The van der Waals surface area contributed by atoms with Crippen LogP contribution in [0.15, 0.2) is 24.3 Å². The topological polar surface area (TPSA) is 49.4 Å². The van der Waals surface area contributed by atoms with E-state index in [-0.39, 0.29) is 17.2 Å². The fourth-order valence-electron chi connectivity index (χ4n) is 6.65. The van der Waals surface area contributed by atoms with Gasteiger partial charge in [-0.25, -0.2) is 0 Å². The summed E-state index contributed by atoms with van der Waals surface area (Å²) in [7, 11) is 0. The summed E-state index contributed by atoms with van der Waals surface area (Å²) in [6, 6.07) is 7.25. The van der Waals surface area contributed by atoms with Gasteiger partial charge in [-0.3, -0.25) is 9.59 Å². The van der Waals surface area contributed by atoms with Crippen LogP contribution < -0.4 is 5.32 Å². The smallest absolute Gasteiger partial charge is 0.251 e. The van der Waals surface area contributed by atoms with Gasteiger partial charge < -0.3 is 10.2 Å². The van der Waals surface area contributed by atoms with Crippen LogP contribution in [0.5, 0.6) is 0 Å². The highest BCUT2D eigenvalue weighted by Crippen LogP contribution is 2.61. The number of amides is 2. The molecule has 152 valence electrons. The van der Waals surface area contributed by atoms with E-state index < -0.39 is 6.04 Å². The van der Waals surface area contributed by atoms with Gasteiger partial charge in [-0.1, -0.05) is 17.7 Å². The molecule has 0 heterocycles. The van der Waals surface area contributed by atoms with E-state index in [2.05, 4.69) is 5.32 Å². The Hall–Kier alpha value is -1.84. The Labute approximate surface area is 169 Å². The Bertz CT molecular complexity index is 700. The molecule has 1 atom stereocenters. The second-order valence-electron chi connectivity index (χ2n) is 9.56. The average molecular weight is 383 g/mol. The molecule has 5 rings (SSSR count). The van der Waals surface area contributed by atoms with Gasteiger partial charge in [-0.2, -0.15) is 0 Å². The molecule has 4 heteroatoms. The third-order valence-electron chi connectivity index (χ3n) is 7.61. The molecule has 4 nitrogen and oxygen atoms in total. The molecule has 0 saturated heterocycles. The zero-order chi connectivity index (χ0) is 19.9. The zero-order valence-corrected chi connectivity index (χ0v) is 17.5. The first kappa shape index (κ1) is 19.5. The lowest BCUT2D eigenvalue weighted by atomic mass is 9.47. The third-order valence-corrected chi connectivity index (χ3v) is 7.61. The van der Waals surface area contributed by atoms with Crippen molar-refractivity contribution >= 4 is 11.8 Å². The quantitative estimate of drug-likeness (QED) is 0.802. The van der Waals surface area contributed by atoms with Crippen LogP contribution in [0.1, 0.15) is 68.3 Å². The number of benzene rings is 1. The van der Waals surface area contributed by atoms with Crippen molar-refractivity contribution in [2.75, 3.05) is 13.1 Å². The van der Waals surface area contributed by atoms with E-state index in [1.165, 1.54) is 19.3 Å². The number of hydrogen-bond acceptors (Lipinski definition) is 2. The molecule has 1 aromatic carbocycles. The Kier molecular flexibility index (Phi) is 5.24. The van der Waals surface area contributed by atoms with Crippen LogP contribution in [0, 0.1) is 30.1 Å². The van der Waals surface area contributed by atoms with Gasteiger partial charge in [0.05, 0.1) is 0 Å². The Morgan fingerprint density at radius 1 is 1.00 bits per heavy atom. The number of likely N-dealkylation sites (N-methyl/N-ethyl adjacent to an activating group) is 1. The molecular formula is C24H34N2O2. The standard InChI is InChI=1S/C24H34N2O2/c1-4-26(5-2)23(28)21(25-22(27)20-8-6-16(3)7-9-20)24-13-17-10-18(14-24)12-19(11-17)15-24/h6-9,17-19,21H,4-5,10-15H2,1-3H3,(H,25,27)/t17?,18?,19?,21-,24?/m0/s1. The van der Waals surface area contributed by atoms with Crippen molar-refractivity contribution in [1.82, 2.24) is 10.2 Å². The lowest BCUT2D eigenvalue weighted by Crippen LogP contribution is -2.62. The number of carbonyl (C=O) groups excluding carboxylic acids is 2. The molecule has 0 unspecified atom stereocenters. The summed E-state index contributed by atoms with van der Waals surface area (Å²) < 4.78 is 0. The van der Waals surface area contributed by atoms with Crippen molar-refractivity contribution in [3.63, 3.8) is 0 Å². The maximum absolute atomic E-state index is 13.6. The van der Waals surface area contributed by atoms with Gasteiger partial charge in [-0.05, 0) is 89.2 Å². The highest BCUT2D eigenvalue weighted by Gasteiger charge is 2.56. The number of nitrogens with zero attached hydrogens (tertiary/aromatic N) is 1. The summed E-state index contributed by atoms with van der Waals surface area (Å²) >= 11 is 0. The summed E-state index contributed by atoms with van der Waals surface area (Å²) in [4.78, 5) is 28.5. The van der Waals surface area contributed by atoms with E-state index >= 15 is 0 Å². The lowest BCUT2D eigenvalue weighted by molar-refractivity contribution is -0.144. The van der Waals surface area contributed by atoms with Gasteiger partial charge in [0.1, 0.15) is 6.04 Å². The Morgan fingerprint density at radius 3 is 1.96 bits per heavy atom. The Morgan fingerprint density at radius 2 is 1.50 bits per heavy atom. The van der Waals surface area contributed by atoms with Crippen molar-refractivity contribution in [3.8, 4) is 0 Å². The van der Waals surface area contributed by atoms with Gasteiger partial charge in [0.25, 0.3) is 5.91 Å². The molecule has 4 aliphatic rings. The van der Waals surface area contributed by atoms with E-state index in [1.54, 1.807) is 0 Å². The first-order chi connectivity index (χ1) is 13.4. The van der Waals surface area contributed by atoms with Crippen LogP contribution in [0.4, 0.5) is 0 Å². The van der Waals surface area contributed by atoms with Gasteiger partial charge in [0.15, 0.2) is 0 Å². The fourth-order valence-corrected chi connectivity index (χ4v) is 6.65.